The standard InChI is InChI=1S/C30H32N4O/c1-20-12-13-25(30(35)31-15-17-34-16-14-23-8-4-5-9-24(23)19-34)22(3)29(20)33-28-18-21(2)32-27-11-7-6-10-26(27)28/h4-13,18H,14-17,19H2,1-3H3,(H,31,35)(H,32,33). The van der Waals surface area contributed by atoms with Crippen molar-refractivity contribution in [1.29, 1.82) is 0 Å². The lowest BCUT2D eigenvalue weighted by atomic mass is 10.00. The highest BCUT2D eigenvalue weighted by atomic mass is 16.1. The molecule has 0 aliphatic carbocycles. The molecule has 1 amide bonds. The highest BCUT2D eigenvalue weighted by molar-refractivity contribution is 5.99. The summed E-state index contributed by atoms with van der Waals surface area (Å²) >= 11 is 0. The van der Waals surface area contributed by atoms with E-state index in [2.05, 4.69) is 63.8 Å². The smallest absolute Gasteiger partial charge is 0.251 e. The number of carbonyl (C=O) groups is 1. The number of nitrogens with one attached hydrogen (secondary N) is 2. The van der Waals surface area contributed by atoms with Crippen LogP contribution in [-0.4, -0.2) is 35.4 Å². The van der Waals surface area contributed by atoms with Crippen molar-refractivity contribution in [3.8, 4) is 0 Å². The third-order valence-corrected chi connectivity index (χ3v) is 6.95. The van der Waals surface area contributed by atoms with Gasteiger partial charge < -0.3 is 10.6 Å². The number of aromatic nitrogens is 1. The van der Waals surface area contributed by atoms with Crippen molar-refractivity contribution in [2.45, 2.75) is 33.7 Å². The monoisotopic (exact) mass is 464 g/mol. The molecule has 0 unspecified atom stereocenters. The summed E-state index contributed by atoms with van der Waals surface area (Å²) in [5.41, 5.74) is 9.49. The summed E-state index contributed by atoms with van der Waals surface area (Å²) < 4.78 is 0. The number of hydrogen-bond acceptors (Lipinski definition) is 4. The fraction of sp³-hybridized carbons (Fsp3) is 0.267. The largest absolute Gasteiger partial charge is 0.354 e. The van der Waals surface area contributed by atoms with Gasteiger partial charge in [0, 0.05) is 54.2 Å². The summed E-state index contributed by atoms with van der Waals surface area (Å²) in [7, 11) is 0. The second-order valence-corrected chi connectivity index (χ2v) is 9.43. The number of amides is 1. The van der Waals surface area contributed by atoms with E-state index in [0.29, 0.717) is 12.1 Å². The van der Waals surface area contributed by atoms with Crippen molar-refractivity contribution in [3.63, 3.8) is 0 Å². The number of anilines is 2. The van der Waals surface area contributed by atoms with Crippen molar-refractivity contribution < 1.29 is 4.79 Å². The van der Waals surface area contributed by atoms with Crippen LogP contribution in [0.2, 0.25) is 0 Å². The minimum atomic E-state index is -0.0290. The van der Waals surface area contributed by atoms with Gasteiger partial charge in [-0.2, -0.15) is 0 Å². The SMILES string of the molecule is Cc1cc(Nc2c(C)ccc(C(=O)NCCN3CCc4ccccc4C3)c2C)c2ccccc2n1. The average molecular weight is 465 g/mol. The zero-order chi connectivity index (χ0) is 24.4. The number of hydrogen-bond donors (Lipinski definition) is 2. The zero-order valence-electron chi connectivity index (χ0n) is 20.7. The highest BCUT2D eigenvalue weighted by Gasteiger charge is 2.17. The Morgan fingerprint density at radius 3 is 2.60 bits per heavy atom. The summed E-state index contributed by atoms with van der Waals surface area (Å²) in [5.74, 6) is -0.0290. The first-order valence-electron chi connectivity index (χ1n) is 12.3. The summed E-state index contributed by atoms with van der Waals surface area (Å²) in [6, 6.07) is 22.8. The van der Waals surface area contributed by atoms with Crippen LogP contribution in [0.25, 0.3) is 10.9 Å². The van der Waals surface area contributed by atoms with Gasteiger partial charge in [-0.3, -0.25) is 14.7 Å². The van der Waals surface area contributed by atoms with Crippen LogP contribution in [0, 0.1) is 20.8 Å². The summed E-state index contributed by atoms with van der Waals surface area (Å²) in [6.07, 6.45) is 1.07. The molecule has 35 heavy (non-hydrogen) atoms. The molecule has 1 aliphatic heterocycles. The molecule has 2 N–H and O–H groups in total. The van der Waals surface area contributed by atoms with Crippen molar-refractivity contribution >= 4 is 28.2 Å². The van der Waals surface area contributed by atoms with Crippen LogP contribution in [0.15, 0.2) is 66.7 Å². The molecule has 4 aromatic rings. The average Bonchev–Trinajstić information content (AvgIpc) is 2.86. The minimum Gasteiger partial charge on any atom is -0.354 e. The minimum absolute atomic E-state index is 0.0290. The molecule has 0 atom stereocenters. The quantitative estimate of drug-likeness (QED) is 0.385. The molecule has 5 heteroatoms. The van der Waals surface area contributed by atoms with E-state index in [4.69, 9.17) is 0 Å². The van der Waals surface area contributed by atoms with Gasteiger partial charge in [-0.15, -0.1) is 0 Å². The lowest BCUT2D eigenvalue weighted by molar-refractivity contribution is 0.0946. The molecule has 0 spiro atoms. The van der Waals surface area contributed by atoms with Crippen molar-refractivity contribution in [2.75, 3.05) is 25.0 Å². The van der Waals surface area contributed by atoms with E-state index in [1.165, 1.54) is 11.1 Å². The molecule has 178 valence electrons. The number of benzene rings is 3. The van der Waals surface area contributed by atoms with E-state index in [0.717, 1.165) is 65.2 Å². The first-order chi connectivity index (χ1) is 17.0. The Labute approximate surface area is 207 Å². The van der Waals surface area contributed by atoms with E-state index >= 15 is 0 Å². The predicted octanol–water partition coefficient (Wildman–Crippen LogP) is 5.69. The van der Waals surface area contributed by atoms with Crippen LogP contribution in [-0.2, 0) is 13.0 Å². The Morgan fingerprint density at radius 1 is 0.971 bits per heavy atom. The van der Waals surface area contributed by atoms with Crippen LogP contribution >= 0.6 is 0 Å². The van der Waals surface area contributed by atoms with E-state index in [-0.39, 0.29) is 5.91 Å². The third kappa shape index (κ3) is 4.91. The van der Waals surface area contributed by atoms with Crippen LogP contribution in [0.5, 0.6) is 0 Å². The van der Waals surface area contributed by atoms with Crippen LogP contribution in [0.4, 0.5) is 11.4 Å². The van der Waals surface area contributed by atoms with E-state index in [1.807, 2.05) is 44.2 Å². The molecule has 5 rings (SSSR count). The van der Waals surface area contributed by atoms with Gasteiger partial charge in [0.2, 0.25) is 0 Å². The van der Waals surface area contributed by atoms with Gasteiger partial charge >= 0.3 is 0 Å². The Morgan fingerprint density at radius 2 is 1.74 bits per heavy atom. The lowest BCUT2D eigenvalue weighted by Crippen LogP contribution is -2.38. The molecule has 3 aromatic carbocycles. The number of rotatable bonds is 6. The number of aryl methyl sites for hydroxylation is 2. The van der Waals surface area contributed by atoms with Crippen molar-refractivity contribution in [1.82, 2.24) is 15.2 Å². The zero-order valence-corrected chi connectivity index (χ0v) is 20.7. The topological polar surface area (TPSA) is 57.3 Å². The third-order valence-electron chi connectivity index (χ3n) is 6.95. The Balaban J connectivity index is 1.29. The number of pyridine rings is 1. The fourth-order valence-corrected chi connectivity index (χ4v) is 5.00. The summed E-state index contributed by atoms with van der Waals surface area (Å²) in [4.78, 5) is 20.2. The van der Waals surface area contributed by atoms with Gasteiger partial charge in [-0.05, 0) is 67.6 Å². The Hall–Kier alpha value is -3.70. The van der Waals surface area contributed by atoms with Crippen molar-refractivity contribution in [3.05, 3.63) is 100 Å². The van der Waals surface area contributed by atoms with Crippen molar-refractivity contribution in [2.24, 2.45) is 0 Å². The van der Waals surface area contributed by atoms with Gasteiger partial charge in [0.25, 0.3) is 5.91 Å². The normalized spacial score (nSPS) is 13.5. The molecular weight excluding hydrogens is 432 g/mol. The molecular formula is C30H32N4O. The number of nitrogens with zero attached hydrogens (tertiary/aromatic N) is 2. The summed E-state index contributed by atoms with van der Waals surface area (Å²) in [6.45, 7) is 9.54. The molecule has 0 saturated carbocycles. The maximum atomic E-state index is 13.1. The number of carbonyl (C=O) groups excluding carboxylic acids is 1. The van der Waals surface area contributed by atoms with Crippen LogP contribution < -0.4 is 10.6 Å². The second-order valence-electron chi connectivity index (χ2n) is 9.43. The first-order valence-corrected chi connectivity index (χ1v) is 12.3. The number of fused-ring (bicyclic) bond motifs is 2. The maximum Gasteiger partial charge on any atom is 0.251 e. The maximum absolute atomic E-state index is 13.1. The van der Waals surface area contributed by atoms with E-state index < -0.39 is 0 Å². The molecule has 2 heterocycles. The van der Waals surface area contributed by atoms with Crippen LogP contribution in [0.1, 0.15) is 38.3 Å². The predicted molar refractivity (Wildman–Crippen MR) is 143 cm³/mol. The van der Waals surface area contributed by atoms with E-state index in [1.54, 1.807) is 0 Å². The van der Waals surface area contributed by atoms with Gasteiger partial charge in [0.1, 0.15) is 0 Å². The molecule has 1 aliphatic rings. The first kappa shape index (κ1) is 23.1. The molecule has 1 aromatic heterocycles. The summed E-state index contributed by atoms with van der Waals surface area (Å²) in [5, 5.41) is 7.82. The van der Waals surface area contributed by atoms with Gasteiger partial charge in [0.15, 0.2) is 0 Å². The van der Waals surface area contributed by atoms with Gasteiger partial charge in [-0.25, -0.2) is 0 Å². The highest BCUT2D eigenvalue weighted by Crippen LogP contribution is 2.31. The molecule has 5 nitrogen and oxygen atoms in total. The fourth-order valence-electron chi connectivity index (χ4n) is 5.00. The Bertz CT molecular complexity index is 1390. The Kier molecular flexibility index (Phi) is 6.51. The number of para-hydroxylation sites is 1. The van der Waals surface area contributed by atoms with Gasteiger partial charge in [0.05, 0.1) is 5.52 Å². The lowest BCUT2D eigenvalue weighted by Gasteiger charge is -2.28. The molecule has 0 bridgehead atoms. The van der Waals surface area contributed by atoms with Gasteiger partial charge in [-0.1, -0.05) is 48.5 Å². The molecule has 0 saturated heterocycles. The molecule has 0 radical (unpaired) electrons. The second kappa shape index (κ2) is 9.88. The van der Waals surface area contributed by atoms with Crippen LogP contribution in [0.3, 0.4) is 0 Å². The molecule has 0 fully saturated rings. The van der Waals surface area contributed by atoms with E-state index in [9.17, 15) is 4.79 Å².